The quantitative estimate of drug-likeness (QED) is 0.821. The zero-order valence-electron chi connectivity index (χ0n) is 16.0. The standard InChI is InChI=1S/C20H30N2O3/c1-20(2,3)15-7-9-16(10-8-15)21-22-19(23)13-14-6-11-17(24-4)18(12-14)25-5/h6,11-12,15H,7-10,13H2,1-5H3,(H,22,23). The number of carbonyl (C=O) groups is 1. The molecule has 5 nitrogen and oxygen atoms in total. The SMILES string of the molecule is COc1ccc(CC(=O)NN=C2CCC(C(C)(C)C)CC2)cc1OC. The number of methoxy groups -OCH3 is 2. The number of hydrazone groups is 1. The van der Waals surface area contributed by atoms with E-state index in [0.29, 0.717) is 16.9 Å². The fourth-order valence-corrected chi connectivity index (χ4v) is 3.29. The Balaban J connectivity index is 1.87. The van der Waals surface area contributed by atoms with Gasteiger partial charge >= 0.3 is 0 Å². The summed E-state index contributed by atoms with van der Waals surface area (Å²) in [5.41, 5.74) is 5.01. The van der Waals surface area contributed by atoms with Gasteiger partial charge in [0, 0.05) is 5.71 Å². The molecule has 1 saturated carbocycles. The van der Waals surface area contributed by atoms with Crippen LogP contribution in [0.2, 0.25) is 0 Å². The Morgan fingerprint density at radius 2 is 1.80 bits per heavy atom. The lowest BCUT2D eigenvalue weighted by Gasteiger charge is -2.34. The van der Waals surface area contributed by atoms with Crippen LogP contribution in [0.25, 0.3) is 0 Å². The van der Waals surface area contributed by atoms with Gasteiger partial charge in [0.15, 0.2) is 11.5 Å². The van der Waals surface area contributed by atoms with Crippen LogP contribution in [0.15, 0.2) is 23.3 Å². The third-order valence-electron chi connectivity index (χ3n) is 4.94. The lowest BCUT2D eigenvalue weighted by atomic mass is 9.72. The van der Waals surface area contributed by atoms with Crippen molar-refractivity contribution in [1.82, 2.24) is 5.43 Å². The molecule has 25 heavy (non-hydrogen) atoms. The maximum atomic E-state index is 12.1. The summed E-state index contributed by atoms with van der Waals surface area (Å²) >= 11 is 0. The summed E-state index contributed by atoms with van der Waals surface area (Å²) in [6.07, 6.45) is 4.50. The maximum absolute atomic E-state index is 12.1. The van der Waals surface area contributed by atoms with Crippen LogP contribution < -0.4 is 14.9 Å². The van der Waals surface area contributed by atoms with Crippen molar-refractivity contribution in [2.45, 2.75) is 52.9 Å². The topological polar surface area (TPSA) is 59.9 Å². The Morgan fingerprint density at radius 1 is 1.16 bits per heavy atom. The zero-order valence-corrected chi connectivity index (χ0v) is 16.0. The second-order valence-electron chi connectivity index (χ2n) is 7.72. The largest absolute Gasteiger partial charge is 0.493 e. The molecule has 138 valence electrons. The van der Waals surface area contributed by atoms with E-state index in [-0.39, 0.29) is 12.3 Å². The first-order chi connectivity index (χ1) is 11.8. The number of nitrogens with zero attached hydrogens (tertiary/aromatic N) is 1. The van der Waals surface area contributed by atoms with E-state index in [1.54, 1.807) is 20.3 Å². The van der Waals surface area contributed by atoms with Gasteiger partial charge in [0.1, 0.15) is 0 Å². The fraction of sp³-hybridized carbons (Fsp3) is 0.600. The van der Waals surface area contributed by atoms with E-state index in [9.17, 15) is 4.79 Å². The molecule has 0 bridgehead atoms. The van der Waals surface area contributed by atoms with E-state index in [1.165, 1.54) is 0 Å². The molecule has 0 atom stereocenters. The molecule has 1 N–H and O–H groups in total. The summed E-state index contributed by atoms with van der Waals surface area (Å²) in [6, 6.07) is 5.49. The molecule has 0 heterocycles. The van der Waals surface area contributed by atoms with Crippen LogP contribution in [-0.2, 0) is 11.2 Å². The normalized spacial score (nSPS) is 17.8. The van der Waals surface area contributed by atoms with Gasteiger partial charge < -0.3 is 9.47 Å². The maximum Gasteiger partial charge on any atom is 0.244 e. The van der Waals surface area contributed by atoms with E-state index < -0.39 is 0 Å². The Bertz CT molecular complexity index is 622. The van der Waals surface area contributed by atoms with Gasteiger partial charge in [0.25, 0.3) is 0 Å². The molecule has 0 aromatic heterocycles. The highest BCUT2D eigenvalue weighted by atomic mass is 16.5. The molecule has 0 saturated heterocycles. The van der Waals surface area contributed by atoms with Crippen molar-refractivity contribution in [3.05, 3.63) is 23.8 Å². The van der Waals surface area contributed by atoms with E-state index >= 15 is 0 Å². The minimum atomic E-state index is -0.113. The van der Waals surface area contributed by atoms with Crippen molar-refractivity contribution in [3.63, 3.8) is 0 Å². The van der Waals surface area contributed by atoms with Crippen LogP contribution in [0.5, 0.6) is 11.5 Å². The van der Waals surface area contributed by atoms with Gasteiger partial charge in [-0.2, -0.15) is 5.10 Å². The van der Waals surface area contributed by atoms with Gasteiger partial charge in [0.2, 0.25) is 5.91 Å². The average molecular weight is 346 g/mol. The van der Waals surface area contributed by atoms with Gasteiger partial charge in [-0.3, -0.25) is 4.79 Å². The van der Waals surface area contributed by atoms with Gasteiger partial charge in [0.05, 0.1) is 20.6 Å². The second kappa shape index (κ2) is 8.37. The molecule has 0 radical (unpaired) electrons. The van der Waals surface area contributed by atoms with Crippen molar-refractivity contribution in [2.75, 3.05) is 14.2 Å². The highest BCUT2D eigenvalue weighted by molar-refractivity contribution is 5.87. The first-order valence-corrected chi connectivity index (χ1v) is 8.88. The number of hydrogen-bond donors (Lipinski definition) is 1. The average Bonchev–Trinajstić information content (AvgIpc) is 2.59. The molecule has 1 amide bonds. The van der Waals surface area contributed by atoms with Gasteiger partial charge in [-0.15, -0.1) is 0 Å². The molecular weight excluding hydrogens is 316 g/mol. The second-order valence-corrected chi connectivity index (χ2v) is 7.72. The van der Waals surface area contributed by atoms with E-state index in [2.05, 4.69) is 31.3 Å². The number of ether oxygens (including phenoxy) is 2. The molecule has 0 aliphatic heterocycles. The van der Waals surface area contributed by atoms with Crippen LogP contribution in [0.4, 0.5) is 0 Å². The molecule has 1 aromatic rings. The highest BCUT2D eigenvalue weighted by Crippen LogP contribution is 2.36. The predicted octanol–water partition coefficient (Wildman–Crippen LogP) is 3.95. The summed E-state index contributed by atoms with van der Waals surface area (Å²) in [7, 11) is 3.18. The van der Waals surface area contributed by atoms with Crippen molar-refractivity contribution < 1.29 is 14.3 Å². The molecule has 2 rings (SSSR count). The van der Waals surface area contributed by atoms with Crippen molar-refractivity contribution in [1.29, 1.82) is 0 Å². The molecule has 1 aromatic carbocycles. The summed E-state index contributed by atoms with van der Waals surface area (Å²) in [6.45, 7) is 6.89. The van der Waals surface area contributed by atoms with Gasteiger partial charge in [-0.25, -0.2) is 5.43 Å². The van der Waals surface area contributed by atoms with E-state index in [1.807, 2.05) is 12.1 Å². The van der Waals surface area contributed by atoms with Crippen LogP contribution in [0, 0.1) is 11.3 Å². The number of hydrogen-bond acceptors (Lipinski definition) is 4. The highest BCUT2D eigenvalue weighted by Gasteiger charge is 2.28. The lowest BCUT2D eigenvalue weighted by Crippen LogP contribution is -2.28. The van der Waals surface area contributed by atoms with Gasteiger partial charge in [-0.1, -0.05) is 26.8 Å². The Hall–Kier alpha value is -2.04. The van der Waals surface area contributed by atoms with E-state index in [0.717, 1.165) is 42.9 Å². The van der Waals surface area contributed by atoms with Crippen molar-refractivity contribution in [3.8, 4) is 11.5 Å². The Kier molecular flexibility index (Phi) is 6.45. The van der Waals surface area contributed by atoms with Crippen LogP contribution in [-0.4, -0.2) is 25.8 Å². The number of rotatable bonds is 5. The van der Waals surface area contributed by atoms with Gasteiger partial charge in [-0.05, 0) is 54.7 Å². The third kappa shape index (κ3) is 5.48. The molecular formula is C20H30N2O3. The first-order valence-electron chi connectivity index (χ1n) is 8.88. The molecule has 0 unspecified atom stereocenters. The molecule has 1 aliphatic rings. The molecule has 5 heteroatoms. The fourth-order valence-electron chi connectivity index (χ4n) is 3.29. The van der Waals surface area contributed by atoms with Crippen LogP contribution >= 0.6 is 0 Å². The lowest BCUT2D eigenvalue weighted by molar-refractivity contribution is -0.120. The molecule has 1 fully saturated rings. The van der Waals surface area contributed by atoms with E-state index in [4.69, 9.17) is 9.47 Å². The molecule has 0 spiro atoms. The number of benzene rings is 1. The minimum absolute atomic E-state index is 0.113. The van der Waals surface area contributed by atoms with Crippen molar-refractivity contribution in [2.24, 2.45) is 16.4 Å². The van der Waals surface area contributed by atoms with Crippen molar-refractivity contribution >= 4 is 11.6 Å². The number of carbonyl (C=O) groups excluding carboxylic acids is 1. The summed E-state index contributed by atoms with van der Waals surface area (Å²) in [5, 5.41) is 4.33. The summed E-state index contributed by atoms with van der Waals surface area (Å²) in [4.78, 5) is 12.1. The third-order valence-corrected chi connectivity index (χ3v) is 4.94. The number of nitrogens with one attached hydrogen (secondary N) is 1. The van der Waals surface area contributed by atoms with Crippen LogP contribution in [0.3, 0.4) is 0 Å². The Morgan fingerprint density at radius 3 is 2.36 bits per heavy atom. The first kappa shape index (κ1) is 19.3. The predicted molar refractivity (Wildman–Crippen MR) is 100 cm³/mol. The Labute approximate surface area is 150 Å². The minimum Gasteiger partial charge on any atom is -0.493 e. The smallest absolute Gasteiger partial charge is 0.244 e. The molecule has 1 aliphatic carbocycles. The number of amides is 1. The summed E-state index contributed by atoms with van der Waals surface area (Å²) in [5.74, 6) is 1.90. The zero-order chi connectivity index (χ0) is 18.4. The van der Waals surface area contributed by atoms with Crippen LogP contribution in [0.1, 0.15) is 52.0 Å². The summed E-state index contributed by atoms with van der Waals surface area (Å²) < 4.78 is 10.5. The monoisotopic (exact) mass is 346 g/mol.